The Morgan fingerprint density at radius 2 is 1.94 bits per heavy atom. The molecular formula is C20H31N5O5S2. The van der Waals surface area contributed by atoms with Gasteiger partial charge in [-0.2, -0.15) is 0 Å². The number of hydrogen-bond acceptors (Lipinski definition) is 8. The van der Waals surface area contributed by atoms with Crippen molar-refractivity contribution in [3.8, 4) is 11.4 Å². The van der Waals surface area contributed by atoms with Gasteiger partial charge in [0, 0.05) is 39.9 Å². The first-order valence-corrected chi connectivity index (χ1v) is 12.5. The second-order valence-corrected chi connectivity index (χ2v) is 10.4. The first-order valence-electron chi connectivity index (χ1n) is 10.1. The van der Waals surface area contributed by atoms with Crippen molar-refractivity contribution >= 4 is 27.7 Å². The lowest BCUT2D eigenvalue weighted by Crippen LogP contribution is -2.33. The van der Waals surface area contributed by atoms with Gasteiger partial charge in [-0.1, -0.05) is 30.8 Å². The van der Waals surface area contributed by atoms with Crippen molar-refractivity contribution in [1.29, 1.82) is 0 Å². The fraction of sp³-hybridized carbons (Fsp3) is 0.550. The number of hydrogen-bond donors (Lipinski definition) is 1. The van der Waals surface area contributed by atoms with Gasteiger partial charge in [-0.05, 0) is 25.5 Å². The van der Waals surface area contributed by atoms with E-state index in [-0.39, 0.29) is 29.1 Å². The maximum atomic E-state index is 12.6. The zero-order chi connectivity index (χ0) is 23.9. The molecule has 1 N–H and O–H groups in total. The average Bonchev–Trinajstić information content (AvgIpc) is 3.18. The van der Waals surface area contributed by atoms with Crippen LogP contribution in [0.15, 0.2) is 34.3 Å². The summed E-state index contributed by atoms with van der Waals surface area (Å²) in [6.45, 7) is 4.20. The Morgan fingerprint density at radius 1 is 1.25 bits per heavy atom. The van der Waals surface area contributed by atoms with Gasteiger partial charge in [-0.15, -0.1) is 10.2 Å². The Hall–Kier alpha value is -1.99. The van der Waals surface area contributed by atoms with E-state index in [0.29, 0.717) is 16.5 Å². The number of thioether (sulfide) groups is 1. The molecule has 10 nitrogen and oxygen atoms in total. The monoisotopic (exact) mass is 485 g/mol. The van der Waals surface area contributed by atoms with Crippen LogP contribution in [0, 0.1) is 0 Å². The number of benzene rings is 1. The van der Waals surface area contributed by atoms with Crippen molar-refractivity contribution in [1.82, 2.24) is 24.4 Å². The third kappa shape index (κ3) is 6.51. The van der Waals surface area contributed by atoms with Crippen LogP contribution >= 0.6 is 11.8 Å². The van der Waals surface area contributed by atoms with Gasteiger partial charge in [-0.25, -0.2) is 12.7 Å². The first-order chi connectivity index (χ1) is 15.1. The van der Waals surface area contributed by atoms with E-state index in [1.807, 2.05) is 13.8 Å². The van der Waals surface area contributed by atoms with Gasteiger partial charge in [0.2, 0.25) is 15.9 Å². The van der Waals surface area contributed by atoms with Crippen molar-refractivity contribution in [2.75, 3.05) is 34.1 Å². The number of nitrogens with zero attached hydrogens (tertiary/aromatic N) is 4. The fourth-order valence-electron chi connectivity index (χ4n) is 2.72. The van der Waals surface area contributed by atoms with Crippen molar-refractivity contribution < 1.29 is 22.7 Å². The van der Waals surface area contributed by atoms with E-state index in [1.165, 1.54) is 46.1 Å². The molecule has 32 heavy (non-hydrogen) atoms. The molecular weight excluding hydrogens is 454 g/mol. The van der Waals surface area contributed by atoms with Gasteiger partial charge in [-0.3, -0.25) is 9.36 Å². The van der Waals surface area contributed by atoms with E-state index in [1.54, 1.807) is 22.8 Å². The molecule has 2 rings (SSSR count). The molecule has 1 heterocycles. The van der Waals surface area contributed by atoms with E-state index in [0.717, 1.165) is 10.7 Å². The number of rotatable bonds is 12. The highest BCUT2D eigenvalue weighted by atomic mass is 32.2. The molecule has 2 aromatic rings. The molecule has 0 aliphatic rings. The van der Waals surface area contributed by atoms with E-state index in [4.69, 9.17) is 9.47 Å². The number of nitrogens with one attached hydrogen (secondary N) is 1. The summed E-state index contributed by atoms with van der Waals surface area (Å²) in [5.74, 6) is 0.515. The lowest BCUT2D eigenvalue weighted by atomic mass is 10.2. The topological polar surface area (TPSA) is 116 Å². The minimum Gasteiger partial charge on any atom is -0.354 e. The van der Waals surface area contributed by atoms with Crippen LogP contribution in [-0.2, 0) is 30.8 Å². The summed E-state index contributed by atoms with van der Waals surface area (Å²) in [6.07, 6.45) is 0.262. The van der Waals surface area contributed by atoms with E-state index >= 15 is 0 Å². The number of sulfonamides is 1. The molecule has 0 radical (unpaired) electrons. The lowest BCUT2D eigenvalue weighted by molar-refractivity contribution is -0.119. The van der Waals surface area contributed by atoms with E-state index in [2.05, 4.69) is 15.5 Å². The van der Waals surface area contributed by atoms with Crippen LogP contribution in [0.3, 0.4) is 0 Å². The molecule has 1 aromatic carbocycles. The summed E-state index contributed by atoms with van der Waals surface area (Å²) in [5.41, 5.74) is 0.572. The highest BCUT2D eigenvalue weighted by Crippen LogP contribution is 2.27. The van der Waals surface area contributed by atoms with Crippen LogP contribution in [0.25, 0.3) is 11.4 Å². The molecule has 0 saturated carbocycles. The van der Waals surface area contributed by atoms with Crippen LogP contribution < -0.4 is 5.32 Å². The standard InChI is InChI=1S/C20H31N5O5S2/c1-7-14(2)21-17(26)13-31-20-23-22-19(25(20)12-18(29-5)30-6)15-9-8-10-16(11-15)32(27,28)24(3)4/h8-11,14,18H,7,12-13H2,1-6H3,(H,21,26)/t14-/m1/s1. The summed E-state index contributed by atoms with van der Waals surface area (Å²) in [7, 11) is 2.39. The van der Waals surface area contributed by atoms with Gasteiger partial charge in [0.25, 0.3) is 0 Å². The van der Waals surface area contributed by atoms with Crippen molar-refractivity contribution in [3.63, 3.8) is 0 Å². The zero-order valence-corrected chi connectivity index (χ0v) is 20.9. The average molecular weight is 486 g/mol. The van der Waals surface area contributed by atoms with E-state index < -0.39 is 16.3 Å². The number of ether oxygens (including phenoxy) is 2. The van der Waals surface area contributed by atoms with Gasteiger partial charge < -0.3 is 14.8 Å². The molecule has 0 saturated heterocycles. The lowest BCUT2D eigenvalue weighted by Gasteiger charge is -2.17. The molecule has 0 bridgehead atoms. The molecule has 12 heteroatoms. The molecule has 0 spiro atoms. The van der Waals surface area contributed by atoms with Crippen LogP contribution in [0.1, 0.15) is 20.3 Å². The Labute approximate surface area is 193 Å². The predicted molar refractivity (Wildman–Crippen MR) is 123 cm³/mol. The smallest absolute Gasteiger partial charge is 0.242 e. The SMILES string of the molecule is CC[C@@H](C)NC(=O)CSc1nnc(-c2cccc(S(=O)(=O)N(C)C)c2)n1CC(OC)OC. The third-order valence-corrected chi connectivity index (χ3v) is 7.58. The largest absolute Gasteiger partial charge is 0.354 e. The van der Waals surface area contributed by atoms with Crippen molar-refractivity contribution in [3.05, 3.63) is 24.3 Å². The Bertz CT molecular complexity index is 1010. The van der Waals surface area contributed by atoms with Gasteiger partial charge in [0.05, 0.1) is 17.2 Å². The van der Waals surface area contributed by atoms with E-state index in [9.17, 15) is 13.2 Å². The van der Waals surface area contributed by atoms with Crippen LogP contribution in [-0.4, -0.2) is 79.8 Å². The maximum Gasteiger partial charge on any atom is 0.242 e. The highest BCUT2D eigenvalue weighted by molar-refractivity contribution is 7.99. The molecule has 0 aliphatic heterocycles. The molecule has 1 atom stereocenters. The summed E-state index contributed by atoms with van der Waals surface area (Å²) in [4.78, 5) is 12.4. The second kappa shape index (κ2) is 11.8. The fourth-order valence-corrected chi connectivity index (χ4v) is 4.43. The Morgan fingerprint density at radius 3 is 2.53 bits per heavy atom. The summed E-state index contributed by atoms with van der Waals surface area (Å²) >= 11 is 1.24. The summed E-state index contributed by atoms with van der Waals surface area (Å²) in [6, 6.07) is 6.58. The molecule has 0 aliphatic carbocycles. The van der Waals surface area contributed by atoms with Crippen LogP contribution in [0.5, 0.6) is 0 Å². The zero-order valence-electron chi connectivity index (χ0n) is 19.2. The van der Waals surface area contributed by atoms with Crippen molar-refractivity contribution in [2.45, 2.75) is 49.2 Å². The molecule has 1 aromatic heterocycles. The van der Waals surface area contributed by atoms with Crippen LogP contribution in [0.2, 0.25) is 0 Å². The van der Waals surface area contributed by atoms with Gasteiger partial charge >= 0.3 is 0 Å². The number of carbonyl (C=O) groups excluding carboxylic acids is 1. The second-order valence-electron chi connectivity index (χ2n) is 7.30. The predicted octanol–water partition coefficient (Wildman–Crippen LogP) is 1.82. The molecule has 0 fully saturated rings. The summed E-state index contributed by atoms with van der Waals surface area (Å²) < 4.78 is 38.7. The third-order valence-electron chi connectivity index (χ3n) is 4.80. The molecule has 178 valence electrons. The molecule has 1 amide bonds. The first kappa shape index (κ1) is 26.3. The minimum atomic E-state index is -3.61. The van der Waals surface area contributed by atoms with Gasteiger partial charge in [0.1, 0.15) is 0 Å². The Balaban J connectivity index is 2.40. The molecule has 0 unspecified atom stereocenters. The minimum absolute atomic E-state index is 0.0873. The quantitative estimate of drug-likeness (QED) is 0.358. The number of carbonyl (C=O) groups is 1. The normalized spacial score (nSPS) is 13.0. The van der Waals surface area contributed by atoms with Crippen LogP contribution in [0.4, 0.5) is 0 Å². The van der Waals surface area contributed by atoms with Gasteiger partial charge in [0.15, 0.2) is 17.3 Å². The maximum absolute atomic E-state index is 12.6. The number of methoxy groups -OCH3 is 2. The van der Waals surface area contributed by atoms with Crippen molar-refractivity contribution in [2.24, 2.45) is 0 Å². The summed E-state index contributed by atoms with van der Waals surface area (Å²) in [5, 5.41) is 11.9. The Kier molecular flexibility index (Phi) is 9.64. The number of aromatic nitrogens is 3. The number of amides is 1. The highest BCUT2D eigenvalue weighted by Gasteiger charge is 2.22.